The fourth-order valence-electron chi connectivity index (χ4n) is 3.86. The third-order valence-corrected chi connectivity index (χ3v) is 5.54. The second-order valence-corrected chi connectivity index (χ2v) is 7.24. The molecule has 4 rings (SSSR count). The Balaban J connectivity index is 1.46. The van der Waals surface area contributed by atoms with E-state index in [4.69, 9.17) is 4.74 Å². The van der Waals surface area contributed by atoms with E-state index in [2.05, 4.69) is 14.8 Å². The van der Waals surface area contributed by atoms with Gasteiger partial charge in [-0.15, -0.1) is 0 Å². The first-order valence-electron chi connectivity index (χ1n) is 9.77. The van der Waals surface area contributed by atoms with Gasteiger partial charge in [-0.05, 0) is 24.3 Å². The van der Waals surface area contributed by atoms with Crippen LogP contribution >= 0.6 is 0 Å². The minimum absolute atomic E-state index is 0.0874. The molecule has 0 bridgehead atoms. The highest BCUT2D eigenvalue weighted by Crippen LogP contribution is 2.30. The second kappa shape index (κ2) is 8.11. The van der Waals surface area contributed by atoms with Gasteiger partial charge in [-0.3, -0.25) is 14.3 Å². The molecule has 0 spiro atoms. The molecule has 1 fully saturated rings. The smallest absolute Gasteiger partial charge is 0.328 e. The maximum absolute atomic E-state index is 12.7. The fourth-order valence-corrected chi connectivity index (χ4v) is 3.86. The van der Waals surface area contributed by atoms with Crippen LogP contribution in [0.25, 0.3) is 10.9 Å². The van der Waals surface area contributed by atoms with Crippen molar-refractivity contribution in [1.82, 2.24) is 14.5 Å². The van der Waals surface area contributed by atoms with Crippen molar-refractivity contribution in [3.63, 3.8) is 0 Å². The molecule has 0 atom stereocenters. The van der Waals surface area contributed by atoms with Crippen molar-refractivity contribution < 1.29 is 14.9 Å². The average Bonchev–Trinajstić information content (AvgIpc) is 2.76. The number of anilines is 1. The number of hydrogen-bond donors (Lipinski definition) is 3. The number of ether oxygens (including phenoxy) is 1. The van der Waals surface area contributed by atoms with Gasteiger partial charge in [0.05, 0.1) is 18.3 Å². The molecule has 3 aromatic rings. The van der Waals surface area contributed by atoms with E-state index in [0.717, 1.165) is 42.2 Å². The maximum atomic E-state index is 12.7. The maximum Gasteiger partial charge on any atom is 0.328 e. The van der Waals surface area contributed by atoms with Crippen LogP contribution in [-0.2, 0) is 6.54 Å². The number of para-hydroxylation sites is 2. The van der Waals surface area contributed by atoms with Gasteiger partial charge in [0.15, 0.2) is 11.5 Å². The van der Waals surface area contributed by atoms with Gasteiger partial charge in [0.2, 0.25) is 0 Å². The van der Waals surface area contributed by atoms with Crippen LogP contribution in [0, 0.1) is 0 Å². The molecule has 1 saturated heterocycles. The number of hydrogen-bond acceptors (Lipinski definition) is 7. The number of aromatic amines is 1. The molecular formula is C21H24N4O5. The zero-order valence-electron chi connectivity index (χ0n) is 16.7. The van der Waals surface area contributed by atoms with Gasteiger partial charge in [-0.1, -0.05) is 12.1 Å². The van der Waals surface area contributed by atoms with Crippen LogP contribution in [0.3, 0.4) is 0 Å². The predicted molar refractivity (Wildman–Crippen MR) is 114 cm³/mol. The van der Waals surface area contributed by atoms with Gasteiger partial charge in [0.1, 0.15) is 11.1 Å². The molecule has 0 unspecified atom stereocenters. The first-order chi connectivity index (χ1) is 14.5. The third kappa shape index (κ3) is 3.59. The Hall–Kier alpha value is -3.46. The van der Waals surface area contributed by atoms with Gasteiger partial charge in [0.25, 0.3) is 5.56 Å². The predicted octanol–water partition coefficient (Wildman–Crippen LogP) is 0.932. The van der Waals surface area contributed by atoms with Gasteiger partial charge < -0.3 is 24.8 Å². The monoisotopic (exact) mass is 412 g/mol. The van der Waals surface area contributed by atoms with E-state index in [1.807, 2.05) is 24.3 Å². The van der Waals surface area contributed by atoms with Gasteiger partial charge in [-0.2, -0.15) is 0 Å². The summed E-state index contributed by atoms with van der Waals surface area (Å²) in [5.74, 6) is -0.0816. The second-order valence-electron chi connectivity index (χ2n) is 7.24. The van der Waals surface area contributed by atoms with E-state index in [-0.39, 0.29) is 17.4 Å². The van der Waals surface area contributed by atoms with Crippen molar-refractivity contribution in [2.24, 2.45) is 0 Å². The summed E-state index contributed by atoms with van der Waals surface area (Å²) in [6.45, 7) is 3.88. The van der Waals surface area contributed by atoms with Gasteiger partial charge >= 0.3 is 5.69 Å². The van der Waals surface area contributed by atoms with Crippen molar-refractivity contribution in [2.45, 2.75) is 6.54 Å². The Kier molecular flexibility index (Phi) is 5.37. The molecule has 1 aliphatic heterocycles. The van der Waals surface area contributed by atoms with Crippen LogP contribution in [-0.4, -0.2) is 64.5 Å². The molecule has 2 aromatic carbocycles. The lowest BCUT2D eigenvalue weighted by Gasteiger charge is -2.36. The minimum atomic E-state index is -0.616. The number of benzene rings is 2. The first kappa shape index (κ1) is 19.8. The van der Waals surface area contributed by atoms with E-state index in [1.54, 1.807) is 7.11 Å². The summed E-state index contributed by atoms with van der Waals surface area (Å²) >= 11 is 0. The Labute approximate surface area is 172 Å². The van der Waals surface area contributed by atoms with Crippen LogP contribution in [0.15, 0.2) is 46.0 Å². The molecule has 2 heterocycles. The number of fused-ring (bicyclic) bond motifs is 1. The molecule has 3 N–H and O–H groups in total. The molecule has 158 valence electrons. The highest BCUT2D eigenvalue weighted by molar-refractivity contribution is 5.86. The van der Waals surface area contributed by atoms with Gasteiger partial charge in [0, 0.05) is 39.3 Å². The number of methoxy groups -OCH3 is 1. The van der Waals surface area contributed by atoms with Crippen LogP contribution < -0.4 is 20.9 Å². The summed E-state index contributed by atoms with van der Waals surface area (Å²) in [5, 5.41) is 19.6. The summed E-state index contributed by atoms with van der Waals surface area (Å²) in [5.41, 5.74) is 0.0964. The number of H-pyrrole nitrogens is 1. The molecule has 30 heavy (non-hydrogen) atoms. The molecule has 1 aliphatic rings. The minimum Gasteiger partial charge on any atom is -0.504 e. The van der Waals surface area contributed by atoms with Crippen LogP contribution in [0.5, 0.6) is 17.2 Å². The lowest BCUT2D eigenvalue weighted by Crippen LogP contribution is -2.48. The van der Waals surface area contributed by atoms with E-state index >= 15 is 0 Å². The third-order valence-electron chi connectivity index (χ3n) is 5.54. The van der Waals surface area contributed by atoms with E-state index in [0.29, 0.717) is 6.54 Å². The highest BCUT2D eigenvalue weighted by Gasteiger charge is 2.20. The van der Waals surface area contributed by atoms with Crippen molar-refractivity contribution in [3.05, 3.63) is 57.2 Å². The largest absolute Gasteiger partial charge is 0.504 e. The number of aromatic hydroxyl groups is 2. The van der Waals surface area contributed by atoms with Crippen LogP contribution in [0.4, 0.5) is 5.69 Å². The normalized spacial score (nSPS) is 14.9. The Morgan fingerprint density at radius 1 is 1.00 bits per heavy atom. The van der Waals surface area contributed by atoms with Crippen LogP contribution in [0.2, 0.25) is 0 Å². The quantitative estimate of drug-likeness (QED) is 0.535. The topological polar surface area (TPSA) is 111 Å². The number of nitrogens with one attached hydrogen (secondary N) is 1. The number of phenolic OH excluding ortho intramolecular Hbond substituents is 2. The van der Waals surface area contributed by atoms with E-state index in [1.165, 1.54) is 12.1 Å². The zero-order valence-corrected chi connectivity index (χ0v) is 16.7. The Morgan fingerprint density at radius 3 is 2.47 bits per heavy atom. The van der Waals surface area contributed by atoms with Crippen molar-refractivity contribution in [3.8, 4) is 17.2 Å². The van der Waals surface area contributed by atoms with E-state index in [9.17, 15) is 19.8 Å². The standard InChI is InChI=1S/C21H24N4O5/c1-30-17-5-3-2-4-15(17)24-11-8-23(9-12-24)10-13-25-20(28)18-14(22-21(25)29)6-7-16(26)19(18)27/h2-7,26-27H,8-13H2,1H3,(H,22,29). The number of nitrogens with zero attached hydrogens (tertiary/aromatic N) is 3. The summed E-state index contributed by atoms with van der Waals surface area (Å²) in [4.78, 5) is 32.1. The van der Waals surface area contributed by atoms with Crippen molar-refractivity contribution in [2.75, 3.05) is 44.7 Å². The number of phenols is 2. The SMILES string of the molecule is COc1ccccc1N1CCN(CCn2c(=O)[nH]c3ccc(O)c(O)c3c2=O)CC1. The molecule has 9 nitrogen and oxygen atoms in total. The molecule has 0 saturated carbocycles. The summed E-state index contributed by atoms with van der Waals surface area (Å²) in [7, 11) is 1.66. The Bertz CT molecular complexity index is 1180. The number of piperazine rings is 1. The van der Waals surface area contributed by atoms with Crippen molar-refractivity contribution in [1.29, 1.82) is 0 Å². The zero-order chi connectivity index (χ0) is 21.3. The highest BCUT2D eigenvalue weighted by atomic mass is 16.5. The Morgan fingerprint density at radius 2 is 1.73 bits per heavy atom. The molecule has 1 aromatic heterocycles. The molecule has 0 aliphatic carbocycles. The van der Waals surface area contributed by atoms with Crippen LogP contribution in [0.1, 0.15) is 0 Å². The molecule has 0 radical (unpaired) electrons. The molecular weight excluding hydrogens is 388 g/mol. The first-order valence-corrected chi connectivity index (χ1v) is 9.77. The average molecular weight is 412 g/mol. The summed E-state index contributed by atoms with van der Waals surface area (Å²) in [6.07, 6.45) is 0. The number of aromatic nitrogens is 2. The molecule has 9 heteroatoms. The summed E-state index contributed by atoms with van der Waals surface area (Å²) < 4.78 is 6.50. The fraction of sp³-hybridized carbons (Fsp3) is 0.333. The van der Waals surface area contributed by atoms with E-state index < -0.39 is 22.7 Å². The lowest BCUT2D eigenvalue weighted by molar-refractivity contribution is 0.245. The van der Waals surface area contributed by atoms with Crippen molar-refractivity contribution >= 4 is 16.6 Å². The lowest BCUT2D eigenvalue weighted by atomic mass is 10.2. The van der Waals surface area contributed by atoms with Gasteiger partial charge in [-0.25, -0.2) is 4.79 Å². The molecule has 0 amide bonds. The number of rotatable bonds is 5. The summed E-state index contributed by atoms with van der Waals surface area (Å²) in [6, 6.07) is 10.5.